The van der Waals surface area contributed by atoms with Crippen LogP contribution in [-0.2, 0) is 6.42 Å². The molecule has 0 amide bonds. The molecule has 0 radical (unpaired) electrons. The fourth-order valence-corrected chi connectivity index (χ4v) is 2.24. The van der Waals surface area contributed by atoms with E-state index in [2.05, 4.69) is 39.1 Å². The van der Waals surface area contributed by atoms with Gasteiger partial charge in [-0.2, -0.15) is 0 Å². The van der Waals surface area contributed by atoms with E-state index >= 15 is 0 Å². The zero-order chi connectivity index (χ0) is 11.7. The highest BCUT2D eigenvalue weighted by Crippen LogP contribution is 2.31. The van der Waals surface area contributed by atoms with Crippen LogP contribution >= 0.6 is 0 Å². The van der Waals surface area contributed by atoms with E-state index < -0.39 is 0 Å². The monoisotopic (exact) mass is 226 g/mol. The molecular weight excluding hydrogens is 212 g/mol. The van der Waals surface area contributed by atoms with Gasteiger partial charge in [0.05, 0.1) is 12.4 Å². The Kier molecular flexibility index (Phi) is 2.40. The SMILES string of the molecule is Nc1cnc(N2CCCc3ccccc32)cn1. The number of rotatable bonds is 1. The van der Waals surface area contributed by atoms with Crippen molar-refractivity contribution >= 4 is 17.3 Å². The van der Waals surface area contributed by atoms with Crippen LogP contribution in [0, 0.1) is 0 Å². The van der Waals surface area contributed by atoms with Gasteiger partial charge in [0.1, 0.15) is 5.82 Å². The standard InChI is InChI=1S/C13H14N4/c14-12-8-16-13(9-15-12)17-7-3-5-10-4-1-2-6-11(10)17/h1-2,4,6,8-9H,3,5,7H2,(H2,14,15). The lowest BCUT2D eigenvalue weighted by Gasteiger charge is -2.30. The van der Waals surface area contributed by atoms with E-state index in [4.69, 9.17) is 5.73 Å². The van der Waals surface area contributed by atoms with Crippen LogP contribution in [0.2, 0.25) is 0 Å². The van der Waals surface area contributed by atoms with E-state index in [1.807, 2.05) is 0 Å². The van der Waals surface area contributed by atoms with E-state index in [1.165, 1.54) is 11.3 Å². The van der Waals surface area contributed by atoms with Gasteiger partial charge in [-0.25, -0.2) is 9.97 Å². The van der Waals surface area contributed by atoms with Gasteiger partial charge in [-0.15, -0.1) is 0 Å². The summed E-state index contributed by atoms with van der Waals surface area (Å²) in [6.45, 7) is 0.982. The Balaban J connectivity index is 2.03. The van der Waals surface area contributed by atoms with E-state index in [-0.39, 0.29) is 0 Å². The van der Waals surface area contributed by atoms with Gasteiger partial charge in [-0.3, -0.25) is 0 Å². The summed E-state index contributed by atoms with van der Waals surface area (Å²) in [5.41, 5.74) is 8.17. The fraction of sp³-hybridized carbons (Fsp3) is 0.231. The van der Waals surface area contributed by atoms with Gasteiger partial charge in [0.15, 0.2) is 5.82 Å². The van der Waals surface area contributed by atoms with Crippen LogP contribution in [0.25, 0.3) is 0 Å². The van der Waals surface area contributed by atoms with Gasteiger partial charge in [-0.05, 0) is 24.5 Å². The number of hydrogen-bond donors (Lipinski definition) is 1. The lowest BCUT2D eigenvalue weighted by atomic mass is 10.0. The Labute approximate surface area is 100 Å². The smallest absolute Gasteiger partial charge is 0.151 e. The van der Waals surface area contributed by atoms with Gasteiger partial charge < -0.3 is 10.6 Å². The van der Waals surface area contributed by atoms with Crippen LogP contribution in [0.5, 0.6) is 0 Å². The van der Waals surface area contributed by atoms with E-state index in [0.717, 1.165) is 25.2 Å². The minimum Gasteiger partial charge on any atom is -0.382 e. The third kappa shape index (κ3) is 1.82. The second kappa shape index (κ2) is 4.05. The first-order chi connectivity index (χ1) is 8.34. The van der Waals surface area contributed by atoms with Crippen molar-refractivity contribution in [3.05, 3.63) is 42.2 Å². The summed E-state index contributed by atoms with van der Waals surface area (Å²) in [6.07, 6.45) is 5.61. The van der Waals surface area contributed by atoms with Crippen LogP contribution in [0.15, 0.2) is 36.7 Å². The average molecular weight is 226 g/mol. The Morgan fingerprint density at radius 3 is 2.82 bits per heavy atom. The van der Waals surface area contributed by atoms with Crippen LogP contribution in [0.4, 0.5) is 17.3 Å². The maximum atomic E-state index is 5.56. The average Bonchev–Trinajstić information content (AvgIpc) is 2.39. The molecule has 4 nitrogen and oxygen atoms in total. The topological polar surface area (TPSA) is 55.0 Å². The van der Waals surface area contributed by atoms with Gasteiger partial charge >= 0.3 is 0 Å². The summed E-state index contributed by atoms with van der Waals surface area (Å²) in [5.74, 6) is 1.32. The van der Waals surface area contributed by atoms with Crippen molar-refractivity contribution in [2.24, 2.45) is 0 Å². The highest BCUT2D eigenvalue weighted by atomic mass is 15.2. The molecule has 17 heavy (non-hydrogen) atoms. The fourth-order valence-electron chi connectivity index (χ4n) is 2.24. The minimum atomic E-state index is 0.457. The second-order valence-electron chi connectivity index (χ2n) is 4.18. The predicted octanol–water partition coefficient (Wildman–Crippen LogP) is 2.14. The number of nitrogens with two attached hydrogens (primary N) is 1. The summed E-state index contributed by atoms with van der Waals surface area (Å²) in [5, 5.41) is 0. The summed E-state index contributed by atoms with van der Waals surface area (Å²) in [6, 6.07) is 8.44. The zero-order valence-electron chi connectivity index (χ0n) is 9.50. The summed E-state index contributed by atoms with van der Waals surface area (Å²) in [7, 11) is 0. The minimum absolute atomic E-state index is 0.457. The number of para-hydroxylation sites is 1. The van der Waals surface area contributed by atoms with Gasteiger partial charge in [-0.1, -0.05) is 18.2 Å². The van der Waals surface area contributed by atoms with Crippen molar-refractivity contribution in [2.45, 2.75) is 12.8 Å². The molecule has 0 atom stereocenters. The molecule has 1 aliphatic heterocycles. The number of nitrogen functional groups attached to an aromatic ring is 1. The molecule has 4 heteroatoms. The Hall–Kier alpha value is -2.10. The van der Waals surface area contributed by atoms with Gasteiger partial charge in [0.2, 0.25) is 0 Å². The van der Waals surface area contributed by atoms with Crippen LogP contribution in [0.3, 0.4) is 0 Å². The molecule has 0 spiro atoms. The largest absolute Gasteiger partial charge is 0.382 e. The van der Waals surface area contributed by atoms with Crippen LogP contribution < -0.4 is 10.6 Å². The quantitative estimate of drug-likeness (QED) is 0.809. The number of aromatic nitrogens is 2. The lowest BCUT2D eigenvalue weighted by Crippen LogP contribution is -2.25. The van der Waals surface area contributed by atoms with E-state index in [1.54, 1.807) is 12.4 Å². The molecular formula is C13H14N4. The number of fused-ring (bicyclic) bond motifs is 1. The Morgan fingerprint density at radius 1 is 1.12 bits per heavy atom. The lowest BCUT2D eigenvalue weighted by molar-refractivity contribution is 0.758. The first-order valence-corrected chi connectivity index (χ1v) is 5.77. The number of hydrogen-bond acceptors (Lipinski definition) is 4. The van der Waals surface area contributed by atoms with Crippen molar-refractivity contribution < 1.29 is 0 Å². The van der Waals surface area contributed by atoms with E-state index in [9.17, 15) is 0 Å². The number of aryl methyl sites for hydroxylation is 1. The van der Waals surface area contributed by atoms with Crippen LogP contribution in [-0.4, -0.2) is 16.5 Å². The molecule has 1 aromatic heterocycles. The zero-order valence-corrected chi connectivity index (χ0v) is 9.50. The summed E-state index contributed by atoms with van der Waals surface area (Å²) >= 11 is 0. The highest BCUT2D eigenvalue weighted by molar-refractivity contribution is 5.65. The van der Waals surface area contributed by atoms with Crippen molar-refractivity contribution in [1.82, 2.24) is 9.97 Å². The molecule has 1 aliphatic rings. The third-order valence-electron chi connectivity index (χ3n) is 3.04. The predicted molar refractivity (Wildman–Crippen MR) is 68.2 cm³/mol. The first-order valence-electron chi connectivity index (χ1n) is 5.77. The van der Waals surface area contributed by atoms with E-state index in [0.29, 0.717) is 5.82 Å². The molecule has 0 saturated carbocycles. The first kappa shape index (κ1) is 10.1. The van der Waals surface area contributed by atoms with Gasteiger partial charge in [0, 0.05) is 12.2 Å². The molecule has 3 rings (SSSR count). The Bertz CT molecular complexity index is 521. The normalized spacial score (nSPS) is 14.5. The van der Waals surface area contributed by atoms with Crippen molar-refractivity contribution in [3.8, 4) is 0 Å². The molecule has 2 N–H and O–H groups in total. The molecule has 0 unspecified atom stereocenters. The molecule has 0 bridgehead atoms. The molecule has 0 saturated heterocycles. The molecule has 0 aliphatic carbocycles. The maximum Gasteiger partial charge on any atom is 0.151 e. The molecule has 2 heterocycles. The molecule has 1 aromatic carbocycles. The number of anilines is 3. The maximum absolute atomic E-state index is 5.56. The number of nitrogens with zero attached hydrogens (tertiary/aromatic N) is 3. The van der Waals surface area contributed by atoms with Crippen molar-refractivity contribution in [1.29, 1.82) is 0 Å². The third-order valence-corrected chi connectivity index (χ3v) is 3.04. The molecule has 0 fully saturated rings. The highest BCUT2D eigenvalue weighted by Gasteiger charge is 2.18. The number of benzene rings is 1. The van der Waals surface area contributed by atoms with Crippen LogP contribution in [0.1, 0.15) is 12.0 Å². The summed E-state index contributed by atoms with van der Waals surface area (Å²) in [4.78, 5) is 10.6. The Morgan fingerprint density at radius 2 is 2.00 bits per heavy atom. The molecule has 86 valence electrons. The second-order valence-corrected chi connectivity index (χ2v) is 4.18. The van der Waals surface area contributed by atoms with Crippen molar-refractivity contribution in [3.63, 3.8) is 0 Å². The van der Waals surface area contributed by atoms with Crippen molar-refractivity contribution in [2.75, 3.05) is 17.2 Å². The summed E-state index contributed by atoms with van der Waals surface area (Å²) < 4.78 is 0. The molecule has 2 aromatic rings. The van der Waals surface area contributed by atoms with Gasteiger partial charge in [0.25, 0.3) is 0 Å².